The van der Waals surface area contributed by atoms with E-state index >= 15 is 0 Å². The number of nitrogens with one attached hydrogen (secondary N) is 2. The van der Waals surface area contributed by atoms with Crippen LogP contribution in [0, 0.1) is 13.8 Å². The van der Waals surface area contributed by atoms with E-state index in [0.29, 0.717) is 29.0 Å². The van der Waals surface area contributed by atoms with E-state index in [2.05, 4.69) is 25.7 Å². The number of rotatable bonds is 4. The molecule has 2 aromatic heterocycles. The minimum atomic E-state index is -3.57. The van der Waals surface area contributed by atoms with E-state index in [1.165, 1.54) is 24.3 Å². The zero-order chi connectivity index (χ0) is 21.5. The van der Waals surface area contributed by atoms with Crippen molar-refractivity contribution in [3.63, 3.8) is 0 Å². The average molecular weight is 429 g/mol. The second-order valence-corrected chi connectivity index (χ2v) is 9.54. The summed E-state index contributed by atoms with van der Waals surface area (Å²) in [5, 5.41) is 18.4. The third-order valence-corrected chi connectivity index (χ3v) is 7.69. The van der Waals surface area contributed by atoms with Crippen molar-refractivity contribution in [2.24, 2.45) is 0 Å². The van der Waals surface area contributed by atoms with E-state index in [0.717, 1.165) is 30.5 Å². The Balaban J connectivity index is 1.56. The predicted molar refractivity (Wildman–Crippen MR) is 113 cm³/mol. The number of aryl methyl sites for hydroxylation is 2. The standard InChI is InChI=1S/C20H24N6O3S/c1-12-6-4-5-11-26(12)30(28,29)16-9-7-15(8-10-16)20(27)21-18-17-13(2)14(3)22-24-19(17)25-23-18/h7-10,12H,4-6,11H2,1-3H3,(H2,21,23,24,25,27). The molecule has 3 aromatic rings. The predicted octanol–water partition coefficient (Wildman–Crippen LogP) is 2.79. The number of carbonyl (C=O) groups excluding carboxylic acids is 1. The number of amides is 1. The van der Waals surface area contributed by atoms with Gasteiger partial charge in [0.05, 0.1) is 16.0 Å². The Kier molecular flexibility index (Phi) is 5.29. The van der Waals surface area contributed by atoms with E-state index in [4.69, 9.17) is 0 Å². The molecule has 2 N–H and O–H groups in total. The minimum absolute atomic E-state index is 0.0190. The Labute approximate surface area is 174 Å². The fourth-order valence-electron chi connectivity index (χ4n) is 3.75. The Hall–Kier alpha value is -2.85. The summed E-state index contributed by atoms with van der Waals surface area (Å²) in [6.07, 6.45) is 2.77. The molecule has 1 amide bonds. The lowest BCUT2D eigenvalue weighted by Crippen LogP contribution is -2.41. The van der Waals surface area contributed by atoms with Gasteiger partial charge in [-0.2, -0.15) is 14.5 Å². The number of carbonyl (C=O) groups is 1. The van der Waals surface area contributed by atoms with Gasteiger partial charge in [-0.05, 0) is 63.4 Å². The van der Waals surface area contributed by atoms with Gasteiger partial charge in [-0.3, -0.25) is 9.89 Å². The van der Waals surface area contributed by atoms with E-state index < -0.39 is 10.0 Å². The highest BCUT2D eigenvalue weighted by Gasteiger charge is 2.31. The maximum Gasteiger partial charge on any atom is 0.256 e. The maximum absolute atomic E-state index is 12.9. The van der Waals surface area contributed by atoms with Gasteiger partial charge in [0.25, 0.3) is 5.91 Å². The van der Waals surface area contributed by atoms with Crippen LogP contribution in [0.1, 0.15) is 47.8 Å². The van der Waals surface area contributed by atoms with Crippen molar-refractivity contribution >= 4 is 32.8 Å². The molecule has 3 heterocycles. The first kappa shape index (κ1) is 20.4. The van der Waals surface area contributed by atoms with E-state index in [-0.39, 0.29) is 16.8 Å². The van der Waals surface area contributed by atoms with Gasteiger partial charge < -0.3 is 5.32 Å². The first-order valence-corrected chi connectivity index (χ1v) is 11.3. The quantitative estimate of drug-likeness (QED) is 0.659. The Morgan fingerprint density at radius 3 is 2.60 bits per heavy atom. The fourth-order valence-corrected chi connectivity index (χ4v) is 5.45. The minimum Gasteiger partial charge on any atom is -0.304 e. The summed E-state index contributed by atoms with van der Waals surface area (Å²) in [6.45, 7) is 6.18. The molecule has 0 saturated carbocycles. The van der Waals surface area contributed by atoms with Gasteiger partial charge in [-0.1, -0.05) is 6.42 Å². The van der Waals surface area contributed by atoms with Gasteiger partial charge >= 0.3 is 0 Å². The monoisotopic (exact) mass is 428 g/mol. The topological polar surface area (TPSA) is 121 Å². The van der Waals surface area contributed by atoms with E-state index in [1.807, 2.05) is 20.8 Å². The molecule has 1 saturated heterocycles. The van der Waals surface area contributed by atoms with Gasteiger partial charge in [-0.25, -0.2) is 8.42 Å². The van der Waals surface area contributed by atoms with Crippen LogP contribution in [-0.2, 0) is 10.0 Å². The van der Waals surface area contributed by atoms with Crippen LogP contribution in [0.4, 0.5) is 5.82 Å². The van der Waals surface area contributed by atoms with Crippen LogP contribution in [0.3, 0.4) is 0 Å². The highest BCUT2D eigenvalue weighted by Crippen LogP contribution is 2.26. The Morgan fingerprint density at radius 1 is 1.17 bits per heavy atom. The lowest BCUT2D eigenvalue weighted by atomic mass is 10.1. The van der Waals surface area contributed by atoms with E-state index in [9.17, 15) is 13.2 Å². The molecule has 1 aromatic carbocycles. The summed E-state index contributed by atoms with van der Waals surface area (Å²) in [5.74, 6) is -0.0168. The fraction of sp³-hybridized carbons (Fsp3) is 0.400. The molecular formula is C20H24N6O3S. The number of anilines is 1. The molecule has 0 radical (unpaired) electrons. The van der Waals surface area contributed by atoms with Crippen molar-refractivity contribution < 1.29 is 13.2 Å². The summed E-state index contributed by atoms with van der Waals surface area (Å²) in [7, 11) is -3.57. The second kappa shape index (κ2) is 7.77. The molecule has 1 fully saturated rings. The number of piperidine rings is 1. The van der Waals surface area contributed by atoms with Crippen molar-refractivity contribution in [1.82, 2.24) is 24.7 Å². The highest BCUT2D eigenvalue weighted by molar-refractivity contribution is 7.89. The van der Waals surface area contributed by atoms with Gasteiger partial charge in [0, 0.05) is 18.2 Å². The first-order chi connectivity index (χ1) is 14.3. The largest absolute Gasteiger partial charge is 0.304 e. The Morgan fingerprint density at radius 2 is 1.90 bits per heavy atom. The maximum atomic E-state index is 12.9. The summed E-state index contributed by atoms with van der Waals surface area (Å²) in [6, 6.07) is 5.98. The number of benzene rings is 1. The number of aromatic amines is 1. The van der Waals surface area contributed by atoms with Crippen molar-refractivity contribution in [3.8, 4) is 0 Å². The van der Waals surface area contributed by atoms with Gasteiger partial charge in [-0.15, -0.1) is 5.10 Å². The van der Waals surface area contributed by atoms with Gasteiger partial charge in [0.15, 0.2) is 11.5 Å². The number of aromatic nitrogens is 4. The molecule has 4 rings (SSSR count). The van der Waals surface area contributed by atoms with Crippen LogP contribution in [0.25, 0.3) is 11.0 Å². The zero-order valence-corrected chi connectivity index (χ0v) is 18.0. The van der Waals surface area contributed by atoms with Crippen molar-refractivity contribution in [2.45, 2.75) is 51.0 Å². The number of H-pyrrole nitrogens is 1. The first-order valence-electron chi connectivity index (χ1n) is 9.90. The molecule has 1 aliphatic heterocycles. The van der Waals surface area contributed by atoms with Crippen LogP contribution in [0.5, 0.6) is 0 Å². The summed E-state index contributed by atoms with van der Waals surface area (Å²) < 4.78 is 27.4. The van der Waals surface area contributed by atoms with Crippen LogP contribution in [0.2, 0.25) is 0 Å². The lowest BCUT2D eigenvalue weighted by molar-refractivity contribution is 0.102. The normalized spacial score (nSPS) is 17.9. The molecule has 30 heavy (non-hydrogen) atoms. The van der Waals surface area contributed by atoms with Crippen molar-refractivity contribution in [2.75, 3.05) is 11.9 Å². The lowest BCUT2D eigenvalue weighted by Gasteiger charge is -2.32. The molecule has 9 nitrogen and oxygen atoms in total. The van der Waals surface area contributed by atoms with Crippen LogP contribution in [-0.4, -0.2) is 51.6 Å². The SMILES string of the molecule is Cc1nnc2[nH]nc(NC(=O)c3ccc(S(=O)(=O)N4CCCCC4C)cc3)c2c1C. The Bertz CT molecular complexity index is 1200. The third kappa shape index (κ3) is 3.56. The molecule has 1 atom stereocenters. The molecule has 0 spiro atoms. The summed E-state index contributed by atoms with van der Waals surface area (Å²) in [4.78, 5) is 12.9. The molecule has 1 aliphatic rings. The summed E-state index contributed by atoms with van der Waals surface area (Å²) in [5.41, 5.74) is 2.46. The number of nitrogens with zero attached hydrogens (tertiary/aromatic N) is 4. The number of hydrogen-bond donors (Lipinski definition) is 2. The molecule has 0 bridgehead atoms. The smallest absolute Gasteiger partial charge is 0.256 e. The summed E-state index contributed by atoms with van der Waals surface area (Å²) >= 11 is 0. The van der Waals surface area contributed by atoms with Crippen molar-refractivity contribution in [3.05, 3.63) is 41.1 Å². The third-order valence-electron chi connectivity index (χ3n) is 5.66. The van der Waals surface area contributed by atoms with Crippen LogP contribution < -0.4 is 5.32 Å². The zero-order valence-electron chi connectivity index (χ0n) is 17.1. The highest BCUT2D eigenvalue weighted by atomic mass is 32.2. The molecule has 1 unspecified atom stereocenters. The van der Waals surface area contributed by atoms with Gasteiger partial charge in [0.2, 0.25) is 10.0 Å². The number of sulfonamides is 1. The second-order valence-electron chi connectivity index (χ2n) is 7.65. The van der Waals surface area contributed by atoms with Crippen LogP contribution in [0.15, 0.2) is 29.2 Å². The molecule has 158 valence electrons. The number of fused-ring (bicyclic) bond motifs is 1. The molecule has 10 heteroatoms. The molecular weight excluding hydrogens is 404 g/mol. The molecule has 0 aliphatic carbocycles. The van der Waals surface area contributed by atoms with Crippen LogP contribution >= 0.6 is 0 Å². The number of hydrogen-bond acceptors (Lipinski definition) is 6. The van der Waals surface area contributed by atoms with Crippen molar-refractivity contribution in [1.29, 1.82) is 0 Å². The average Bonchev–Trinajstić information content (AvgIpc) is 3.14. The van der Waals surface area contributed by atoms with Gasteiger partial charge in [0.1, 0.15) is 0 Å². The van der Waals surface area contributed by atoms with E-state index in [1.54, 1.807) is 4.31 Å².